The van der Waals surface area contributed by atoms with Crippen LogP contribution in [0.5, 0.6) is 0 Å². The summed E-state index contributed by atoms with van der Waals surface area (Å²) in [7, 11) is 0. The van der Waals surface area contributed by atoms with Gasteiger partial charge in [0.2, 0.25) is 5.95 Å². The molecule has 5 heteroatoms. The average molecular weight is 252 g/mol. The van der Waals surface area contributed by atoms with Gasteiger partial charge in [0.25, 0.3) is 5.56 Å². The van der Waals surface area contributed by atoms with Crippen molar-refractivity contribution in [3.8, 4) is 0 Å². The second-order valence-electron chi connectivity index (χ2n) is 4.22. The summed E-state index contributed by atoms with van der Waals surface area (Å²) >= 11 is 0. The molecule has 3 aromatic rings. The smallest absolute Gasteiger partial charge is 0.260 e. The highest BCUT2D eigenvalue weighted by atomic mass is 16.1. The van der Waals surface area contributed by atoms with Crippen LogP contribution in [0, 0.1) is 6.92 Å². The maximum absolute atomic E-state index is 11.9. The molecule has 94 valence electrons. The molecular weight excluding hydrogens is 240 g/mol. The lowest BCUT2D eigenvalue weighted by atomic mass is 10.2. The van der Waals surface area contributed by atoms with Gasteiger partial charge in [-0.3, -0.25) is 9.78 Å². The zero-order valence-corrected chi connectivity index (χ0v) is 10.3. The Hall–Kier alpha value is -2.69. The predicted octanol–water partition coefficient (Wildman–Crippen LogP) is 2.37. The third-order valence-electron chi connectivity index (χ3n) is 2.75. The van der Waals surface area contributed by atoms with E-state index in [4.69, 9.17) is 0 Å². The second-order valence-corrected chi connectivity index (χ2v) is 4.22. The number of benzene rings is 1. The van der Waals surface area contributed by atoms with Gasteiger partial charge in [-0.05, 0) is 31.2 Å². The molecule has 0 radical (unpaired) electrons. The number of aryl methyl sites for hydroxylation is 1. The summed E-state index contributed by atoms with van der Waals surface area (Å²) in [5.41, 5.74) is 1.38. The van der Waals surface area contributed by atoms with Crippen molar-refractivity contribution in [2.75, 3.05) is 5.32 Å². The number of H-pyrrole nitrogens is 1. The van der Waals surface area contributed by atoms with Crippen LogP contribution in [0.1, 0.15) is 5.69 Å². The first kappa shape index (κ1) is 11.4. The van der Waals surface area contributed by atoms with E-state index in [2.05, 4.69) is 20.3 Å². The lowest BCUT2D eigenvalue weighted by Gasteiger charge is -2.06. The molecule has 5 nitrogen and oxygen atoms in total. The molecule has 0 atom stereocenters. The molecule has 0 amide bonds. The van der Waals surface area contributed by atoms with Crippen LogP contribution in [0.4, 0.5) is 11.8 Å². The van der Waals surface area contributed by atoms with E-state index >= 15 is 0 Å². The van der Waals surface area contributed by atoms with Crippen LogP contribution in [0.2, 0.25) is 0 Å². The van der Waals surface area contributed by atoms with Crippen molar-refractivity contribution in [3.05, 3.63) is 58.5 Å². The molecule has 0 aliphatic carbocycles. The number of nitrogens with zero attached hydrogens (tertiary/aromatic N) is 2. The molecule has 0 spiro atoms. The number of rotatable bonds is 2. The second kappa shape index (κ2) is 4.53. The molecule has 1 aromatic carbocycles. The molecule has 0 bridgehead atoms. The van der Waals surface area contributed by atoms with Crippen LogP contribution in [-0.4, -0.2) is 15.0 Å². The summed E-state index contributed by atoms with van der Waals surface area (Å²) in [5, 5.41) is 3.57. The monoisotopic (exact) mass is 252 g/mol. The maximum Gasteiger partial charge on any atom is 0.260 e. The van der Waals surface area contributed by atoms with Crippen LogP contribution in [-0.2, 0) is 0 Å². The highest BCUT2D eigenvalue weighted by Gasteiger charge is 2.03. The van der Waals surface area contributed by atoms with Crippen molar-refractivity contribution in [3.63, 3.8) is 0 Å². The van der Waals surface area contributed by atoms with Gasteiger partial charge in [-0.2, -0.15) is 0 Å². The van der Waals surface area contributed by atoms with E-state index in [0.717, 1.165) is 5.69 Å². The fourth-order valence-corrected chi connectivity index (χ4v) is 1.88. The van der Waals surface area contributed by atoms with Crippen LogP contribution < -0.4 is 10.9 Å². The number of para-hydroxylation sites is 1. The van der Waals surface area contributed by atoms with Gasteiger partial charge in [0, 0.05) is 5.69 Å². The third kappa shape index (κ3) is 2.30. The van der Waals surface area contributed by atoms with E-state index in [1.54, 1.807) is 12.1 Å². The first-order valence-corrected chi connectivity index (χ1v) is 5.92. The summed E-state index contributed by atoms with van der Waals surface area (Å²) < 4.78 is 0. The van der Waals surface area contributed by atoms with Crippen LogP contribution >= 0.6 is 0 Å². The van der Waals surface area contributed by atoms with Gasteiger partial charge in [-0.15, -0.1) is 0 Å². The SMILES string of the molecule is Cc1cccc(Nc2nc3ccccc3c(=O)[nH]2)n1. The largest absolute Gasteiger partial charge is 0.310 e. The molecule has 2 N–H and O–H groups in total. The van der Waals surface area contributed by atoms with E-state index in [-0.39, 0.29) is 5.56 Å². The summed E-state index contributed by atoms with van der Waals surface area (Å²) in [6.07, 6.45) is 0. The van der Waals surface area contributed by atoms with E-state index in [9.17, 15) is 4.79 Å². The molecule has 2 aromatic heterocycles. The van der Waals surface area contributed by atoms with Gasteiger partial charge in [-0.1, -0.05) is 18.2 Å². The van der Waals surface area contributed by atoms with E-state index in [1.807, 2.05) is 37.3 Å². The molecule has 0 aliphatic heterocycles. The Morgan fingerprint density at radius 3 is 2.74 bits per heavy atom. The van der Waals surface area contributed by atoms with Gasteiger partial charge >= 0.3 is 0 Å². The zero-order valence-electron chi connectivity index (χ0n) is 10.3. The Kier molecular flexibility index (Phi) is 2.72. The number of anilines is 2. The number of pyridine rings is 1. The predicted molar refractivity (Wildman–Crippen MR) is 74.6 cm³/mol. The molecule has 19 heavy (non-hydrogen) atoms. The Morgan fingerprint density at radius 2 is 1.89 bits per heavy atom. The highest BCUT2D eigenvalue weighted by molar-refractivity contribution is 5.78. The fraction of sp³-hybridized carbons (Fsp3) is 0.0714. The molecule has 0 saturated carbocycles. The Bertz CT molecular complexity index is 795. The van der Waals surface area contributed by atoms with E-state index in [1.165, 1.54) is 0 Å². The van der Waals surface area contributed by atoms with Crippen molar-refractivity contribution in [1.29, 1.82) is 0 Å². The van der Waals surface area contributed by atoms with Crippen LogP contribution in [0.15, 0.2) is 47.3 Å². The minimum atomic E-state index is -0.166. The summed E-state index contributed by atoms with van der Waals surface area (Å²) in [5.74, 6) is 1.04. The molecule has 0 saturated heterocycles. The van der Waals surface area contributed by atoms with Gasteiger partial charge < -0.3 is 5.32 Å². The maximum atomic E-state index is 11.9. The fourth-order valence-electron chi connectivity index (χ4n) is 1.88. The van der Waals surface area contributed by atoms with Crippen LogP contribution in [0.25, 0.3) is 10.9 Å². The molecule has 0 unspecified atom stereocenters. The third-order valence-corrected chi connectivity index (χ3v) is 2.75. The summed E-state index contributed by atoms with van der Waals surface area (Å²) in [6, 6.07) is 12.8. The van der Waals surface area contributed by atoms with Crippen molar-refractivity contribution < 1.29 is 0 Å². The highest BCUT2D eigenvalue weighted by Crippen LogP contribution is 2.12. The lowest BCUT2D eigenvalue weighted by Crippen LogP contribution is -2.11. The molecule has 2 heterocycles. The molecule has 3 rings (SSSR count). The van der Waals surface area contributed by atoms with Crippen molar-refractivity contribution >= 4 is 22.7 Å². The van der Waals surface area contributed by atoms with Crippen molar-refractivity contribution in [1.82, 2.24) is 15.0 Å². The zero-order chi connectivity index (χ0) is 13.2. The number of aromatic nitrogens is 3. The van der Waals surface area contributed by atoms with Gasteiger partial charge in [-0.25, -0.2) is 9.97 Å². The Morgan fingerprint density at radius 1 is 1.05 bits per heavy atom. The van der Waals surface area contributed by atoms with E-state index in [0.29, 0.717) is 22.7 Å². The number of hydrogen-bond donors (Lipinski definition) is 2. The van der Waals surface area contributed by atoms with Gasteiger partial charge in [0.05, 0.1) is 10.9 Å². The standard InChI is InChI=1S/C14H12N4O/c1-9-5-4-8-12(15-9)17-14-16-11-7-3-2-6-10(11)13(19)18-14/h2-8H,1H3,(H2,15,16,17,18,19). The molecule has 0 fully saturated rings. The lowest BCUT2D eigenvalue weighted by molar-refractivity contribution is 1.13. The minimum absolute atomic E-state index is 0.166. The van der Waals surface area contributed by atoms with Gasteiger partial charge in [0.1, 0.15) is 5.82 Å². The first-order chi connectivity index (χ1) is 9.22. The minimum Gasteiger partial charge on any atom is -0.310 e. The van der Waals surface area contributed by atoms with Gasteiger partial charge in [0.15, 0.2) is 0 Å². The topological polar surface area (TPSA) is 70.7 Å². The van der Waals surface area contributed by atoms with Crippen molar-refractivity contribution in [2.45, 2.75) is 6.92 Å². The number of aromatic amines is 1. The summed E-state index contributed by atoms with van der Waals surface area (Å²) in [4.78, 5) is 23.3. The first-order valence-electron chi connectivity index (χ1n) is 5.92. The quantitative estimate of drug-likeness (QED) is 0.734. The van der Waals surface area contributed by atoms with Crippen LogP contribution in [0.3, 0.4) is 0 Å². The van der Waals surface area contributed by atoms with Crippen molar-refractivity contribution in [2.24, 2.45) is 0 Å². The molecular formula is C14H12N4O. The Balaban J connectivity index is 2.04. The number of hydrogen-bond acceptors (Lipinski definition) is 4. The van der Waals surface area contributed by atoms with E-state index < -0.39 is 0 Å². The number of nitrogens with one attached hydrogen (secondary N) is 2. The number of fused-ring (bicyclic) bond motifs is 1. The summed E-state index contributed by atoms with van der Waals surface area (Å²) in [6.45, 7) is 1.90. The Labute approximate surface area is 109 Å². The molecule has 0 aliphatic rings. The average Bonchev–Trinajstić information content (AvgIpc) is 2.39. The normalized spacial score (nSPS) is 10.6.